The number of nitrogens with two attached hydrogens (primary N) is 1. The Labute approximate surface area is 96.8 Å². The molecule has 1 aromatic carbocycles. The quantitative estimate of drug-likeness (QED) is 0.783. The van der Waals surface area contributed by atoms with Gasteiger partial charge in [0.2, 0.25) is 0 Å². The number of hydrogen-bond donors (Lipinski definition) is 2. The molecule has 0 saturated heterocycles. The number of anilines is 2. The Bertz CT molecular complexity index is 449. The topological polar surface area (TPSA) is 72.2 Å². The van der Waals surface area contributed by atoms with Gasteiger partial charge in [-0.25, -0.2) is 8.42 Å². The van der Waals surface area contributed by atoms with Gasteiger partial charge in [-0.2, -0.15) is 0 Å². The third kappa shape index (κ3) is 4.53. The van der Waals surface area contributed by atoms with Crippen LogP contribution in [0, 0.1) is 6.92 Å². The second kappa shape index (κ2) is 4.74. The van der Waals surface area contributed by atoms with Crippen LogP contribution in [-0.4, -0.2) is 26.5 Å². The predicted octanol–water partition coefficient (Wildman–Crippen LogP) is 1.42. The van der Waals surface area contributed by atoms with E-state index in [0.717, 1.165) is 11.3 Å². The van der Waals surface area contributed by atoms with Crippen molar-refractivity contribution in [3.05, 3.63) is 23.8 Å². The molecule has 1 aromatic rings. The zero-order chi connectivity index (χ0) is 12.3. The molecule has 0 amide bonds. The van der Waals surface area contributed by atoms with Crippen molar-refractivity contribution in [2.45, 2.75) is 19.9 Å². The molecule has 0 aliphatic heterocycles. The molecule has 0 aliphatic carbocycles. The zero-order valence-corrected chi connectivity index (χ0v) is 10.6. The van der Waals surface area contributed by atoms with Crippen LogP contribution in [0.4, 0.5) is 11.4 Å². The molecule has 0 aromatic heterocycles. The predicted molar refractivity (Wildman–Crippen MR) is 68.4 cm³/mol. The molecule has 90 valence electrons. The van der Waals surface area contributed by atoms with Crippen LogP contribution in [0.25, 0.3) is 0 Å². The number of aryl methyl sites for hydroxylation is 1. The molecular weight excluding hydrogens is 224 g/mol. The van der Waals surface area contributed by atoms with Gasteiger partial charge in [0.15, 0.2) is 0 Å². The molecule has 5 heteroatoms. The third-order valence-electron chi connectivity index (χ3n) is 2.07. The lowest BCUT2D eigenvalue weighted by Gasteiger charge is -2.15. The Balaban J connectivity index is 2.73. The summed E-state index contributed by atoms with van der Waals surface area (Å²) in [5.41, 5.74) is 8.28. The second-order valence-electron chi connectivity index (χ2n) is 4.27. The molecule has 0 fully saturated rings. The molecule has 1 atom stereocenters. The summed E-state index contributed by atoms with van der Waals surface area (Å²) in [6.07, 6.45) is 1.23. The molecule has 0 saturated carbocycles. The smallest absolute Gasteiger partial charge is 0.149 e. The highest BCUT2D eigenvalue weighted by Gasteiger charge is 2.10. The van der Waals surface area contributed by atoms with Crippen LogP contribution < -0.4 is 11.1 Å². The number of nitrogens with one attached hydrogen (secondary N) is 1. The summed E-state index contributed by atoms with van der Waals surface area (Å²) in [7, 11) is -2.96. The van der Waals surface area contributed by atoms with Crippen molar-refractivity contribution < 1.29 is 8.42 Å². The number of hydrogen-bond acceptors (Lipinski definition) is 4. The van der Waals surface area contributed by atoms with Gasteiger partial charge in [0, 0.05) is 23.7 Å². The molecule has 1 unspecified atom stereocenters. The monoisotopic (exact) mass is 242 g/mol. The van der Waals surface area contributed by atoms with Crippen LogP contribution in [0.2, 0.25) is 0 Å². The number of benzene rings is 1. The Hall–Kier alpha value is -1.23. The first-order chi connectivity index (χ1) is 7.26. The Morgan fingerprint density at radius 1 is 1.38 bits per heavy atom. The van der Waals surface area contributed by atoms with Gasteiger partial charge < -0.3 is 11.1 Å². The summed E-state index contributed by atoms with van der Waals surface area (Å²) in [5.74, 6) is 0.112. The van der Waals surface area contributed by atoms with Gasteiger partial charge in [-0.05, 0) is 37.6 Å². The maximum atomic E-state index is 11.1. The molecule has 4 nitrogen and oxygen atoms in total. The molecule has 0 spiro atoms. The van der Waals surface area contributed by atoms with Crippen molar-refractivity contribution >= 4 is 21.2 Å². The molecule has 1 rings (SSSR count). The molecule has 0 heterocycles. The average Bonchev–Trinajstić information content (AvgIpc) is 1.96. The van der Waals surface area contributed by atoms with Gasteiger partial charge in [-0.15, -0.1) is 0 Å². The molecule has 16 heavy (non-hydrogen) atoms. The lowest BCUT2D eigenvalue weighted by molar-refractivity contribution is 0.598. The van der Waals surface area contributed by atoms with Gasteiger partial charge in [-0.1, -0.05) is 0 Å². The molecule has 0 radical (unpaired) electrons. The summed E-state index contributed by atoms with van der Waals surface area (Å²) in [5, 5.41) is 3.12. The average molecular weight is 242 g/mol. The van der Waals surface area contributed by atoms with Crippen molar-refractivity contribution in [2.24, 2.45) is 0 Å². The minimum atomic E-state index is -2.96. The maximum absolute atomic E-state index is 11.1. The standard InChI is InChI=1S/C11H18N2O2S/c1-8-4-10(12)6-11(5-8)13-9(2)7-16(3,14)15/h4-6,9,13H,7,12H2,1-3H3. The minimum absolute atomic E-state index is 0.112. The minimum Gasteiger partial charge on any atom is -0.399 e. The van der Waals surface area contributed by atoms with E-state index in [4.69, 9.17) is 5.73 Å². The van der Waals surface area contributed by atoms with Crippen LogP contribution >= 0.6 is 0 Å². The van der Waals surface area contributed by atoms with E-state index in [1.54, 1.807) is 6.07 Å². The first-order valence-electron chi connectivity index (χ1n) is 5.08. The fourth-order valence-electron chi connectivity index (χ4n) is 1.68. The fraction of sp³-hybridized carbons (Fsp3) is 0.455. The van der Waals surface area contributed by atoms with Crippen LogP contribution in [0.5, 0.6) is 0 Å². The van der Waals surface area contributed by atoms with Crippen molar-refractivity contribution in [2.75, 3.05) is 23.1 Å². The van der Waals surface area contributed by atoms with Crippen molar-refractivity contribution in [1.29, 1.82) is 0 Å². The van der Waals surface area contributed by atoms with Crippen LogP contribution in [0.3, 0.4) is 0 Å². The largest absolute Gasteiger partial charge is 0.399 e. The first kappa shape index (κ1) is 12.8. The zero-order valence-electron chi connectivity index (χ0n) is 9.82. The number of rotatable bonds is 4. The summed E-state index contributed by atoms with van der Waals surface area (Å²) in [6, 6.07) is 5.48. The summed E-state index contributed by atoms with van der Waals surface area (Å²) in [4.78, 5) is 0. The summed E-state index contributed by atoms with van der Waals surface area (Å²) in [6.45, 7) is 3.78. The molecule has 0 bridgehead atoms. The van der Waals surface area contributed by atoms with Crippen molar-refractivity contribution in [3.8, 4) is 0 Å². The Kier molecular flexibility index (Phi) is 3.80. The molecule has 3 N–H and O–H groups in total. The highest BCUT2D eigenvalue weighted by atomic mass is 32.2. The Morgan fingerprint density at radius 2 is 2.00 bits per heavy atom. The summed E-state index contributed by atoms with van der Waals surface area (Å²) >= 11 is 0. The SMILES string of the molecule is Cc1cc(N)cc(NC(C)CS(C)(=O)=O)c1. The summed E-state index contributed by atoms with van der Waals surface area (Å²) < 4.78 is 22.2. The first-order valence-corrected chi connectivity index (χ1v) is 7.14. The van der Waals surface area contributed by atoms with E-state index in [-0.39, 0.29) is 11.8 Å². The van der Waals surface area contributed by atoms with E-state index in [2.05, 4.69) is 5.32 Å². The van der Waals surface area contributed by atoms with Gasteiger partial charge in [-0.3, -0.25) is 0 Å². The van der Waals surface area contributed by atoms with Crippen LogP contribution in [0.15, 0.2) is 18.2 Å². The van der Waals surface area contributed by atoms with Gasteiger partial charge in [0.05, 0.1) is 5.75 Å². The number of nitrogen functional groups attached to an aromatic ring is 1. The number of sulfone groups is 1. The van der Waals surface area contributed by atoms with Crippen molar-refractivity contribution in [1.82, 2.24) is 0 Å². The maximum Gasteiger partial charge on any atom is 0.149 e. The van der Waals surface area contributed by atoms with Gasteiger partial charge in [0.1, 0.15) is 9.84 Å². The van der Waals surface area contributed by atoms with E-state index in [1.807, 2.05) is 26.0 Å². The molecular formula is C11H18N2O2S. The van der Waals surface area contributed by atoms with Crippen LogP contribution in [0.1, 0.15) is 12.5 Å². The van der Waals surface area contributed by atoms with Gasteiger partial charge >= 0.3 is 0 Å². The lowest BCUT2D eigenvalue weighted by atomic mass is 10.2. The second-order valence-corrected chi connectivity index (χ2v) is 6.46. The van der Waals surface area contributed by atoms with Crippen LogP contribution in [-0.2, 0) is 9.84 Å². The van der Waals surface area contributed by atoms with Crippen molar-refractivity contribution in [3.63, 3.8) is 0 Å². The third-order valence-corrected chi connectivity index (χ3v) is 3.17. The lowest BCUT2D eigenvalue weighted by Crippen LogP contribution is -2.25. The van der Waals surface area contributed by atoms with E-state index in [1.165, 1.54) is 6.26 Å². The van der Waals surface area contributed by atoms with E-state index in [9.17, 15) is 8.42 Å². The normalized spacial score (nSPS) is 13.4. The molecule has 0 aliphatic rings. The van der Waals surface area contributed by atoms with E-state index in [0.29, 0.717) is 5.69 Å². The highest BCUT2D eigenvalue weighted by molar-refractivity contribution is 7.90. The van der Waals surface area contributed by atoms with E-state index >= 15 is 0 Å². The Morgan fingerprint density at radius 3 is 2.50 bits per heavy atom. The van der Waals surface area contributed by atoms with Gasteiger partial charge in [0.25, 0.3) is 0 Å². The van der Waals surface area contributed by atoms with E-state index < -0.39 is 9.84 Å². The fourth-order valence-corrected chi connectivity index (χ4v) is 2.67. The highest BCUT2D eigenvalue weighted by Crippen LogP contribution is 2.16.